The molecule has 0 aromatic carbocycles. The summed E-state index contributed by atoms with van der Waals surface area (Å²) in [6.07, 6.45) is -3.46. The van der Waals surface area contributed by atoms with Gasteiger partial charge in [-0.3, -0.25) is 0 Å². The van der Waals surface area contributed by atoms with Crippen LogP contribution in [-0.4, -0.2) is 29.9 Å². The van der Waals surface area contributed by atoms with Crippen LogP contribution in [-0.2, 0) is 0 Å². The molecule has 0 aliphatic heterocycles. The van der Waals surface area contributed by atoms with Gasteiger partial charge < -0.3 is 9.47 Å². The molecule has 0 atom stereocenters. The van der Waals surface area contributed by atoms with Crippen molar-refractivity contribution in [1.29, 1.82) is 0 Å². The predicted molar refractivity (Wildman–Crippen MR) is 45.1 cm³/mol. The molecule has 0 fully saturated rings. The smallest absolute Gasteiger partial charge is 0.422 e. The average molecular weight is 243 g/mol. The molecule has 84 valence electrons. The van der Waals surface area contributed by atoms with Crippen molar-refractivity contribution in [2.24, 2.45) is 0 Å². The number of hydrogen-bond acceptors (Lipinski definition) is 4. The van der Waals surface area contributed by atoms with E-state index < -0.39 is 12.8 Å². The Labute approximate surface area is 88.0 Å². The lowest BCUT2D eigenvalue weighted by Crippen LogP contribution is -2.20. The Bertz CT molecular complexity index is 345. The molecule has 0 aliphatic carbocycles. The van der Waals surface area contributed by atoms with Gasteiger partial charge in [0.1, 0.15) is 6.33 Å². The summed E-state index contributed by atoms with van der Waals surface area (Å²) in [6.45, 7) is -1.46. The maximum absolute atomic E-state index is 11.8. The molecule has 8 heteroatoms. The first-order chi connectivity index (χ1) is 6.94. The van der Waals surface area contributed by atoms with Gasteiger partial charge in [0, 0.05) is 0 Å². The highest BCUT2D eigenvalue weighted by molar-refractivity contribution is 6.31. The summed E-state index contributed by atoms with van der Waals surface area (Å²) in [7, 11) is 1.23. The molecule has 1 heterocycles. The summed E-state index contributed by atoms with van der Waals surface area (Å²) in [5.41, 5.74) is 0. The molecule has 0 amide bonds. The summed E-state index contributed by atoms with van der Waals surface area (Å²) in [5, 5.41) is -0.107. The van der Waals surface area contributed by atoms with Crippen LogP contribution >= 0.6 is 11.6 Å². The molecule has 0 aliphatic rings. The van der Waals surface area contributed by atoms with Crippen LogP contribution in [0.3, 0.4) is 0 Å². The second kappa shape index (κ2) is 4.52. The van der Waals surface area contributed by atoms with Gasteiger partial charge in [0.25, 0.3) is 5.88 Å². The molecule has 0 bridgehead atoms. The van der Waals surface area contributed by atoms with Crippen molar-refractivity contribution in [2.75, 3.05) is 13.7 Å². The van der Waals surface area contributed by atoms with Crippen molar-refractivity contribution in [2.45, 2.75) is 6.18 Å². The van der Waals surface area contributed by atoms with Crippen LogP contribution in [0, 0.1) is 0 Å². The molecule has 4 nitrogen and oxygen atoms in total. The molecule has 0 radical (unpaired) electrons. The lowest BCUT2D eigenvalue weighted by Gasteiger charge is -2.11. The molecule has 0 spiro atoms. The Morgan fingerprint density at radius 3 is 2.60 bits per heavy atom. The van der Waals surface area contributed by atoms with E-state index in [0.29, 0.717) is 0 Å². The third-order valence-corrected chi connectivity index (χ3v) is 1.57. The van der Waals surface area contributed by atoms with E-state index in [1.165, 1.54) is 7.11 Å². The van der Waals surface area contributed by atoms with E-state index in [1.807, 2.05) is 0 Å². The van der Waals surface area contributed by atoms with E-state index in [9.17, 15) is 13.2 Å². The minimum Gasteiger partial charge on any atom is -0.489 e. The maximum atomic E-state index is 11.8. The minimum atomic E-state index is -4.44. The number of halogens is 4. The van der Waals surface area contributed by atoms with Gasteiger partial charge in [-0.1, -0.05) is 11.6 Å². The highest BCUT2D eigenvalue weighted by Gasteiger charge is 2.29. The highest BCUT2D eigenvalue weighted by Crippen LogP contribution is 2.31. The number of aromatic nitrogens is 2. The fourth-order valence-electron chi connectivity index (χ4n) is 0.762. The van der Waals surface area contributed by atoms with Gasteiger partial charge in [-0.25, -0.2) is 4.98 Å². The molecule has 1 rings (SSSR count). The van der Waals surface area contributed by atoms with Crippen LogP contribution in [0.5, 0.6) is 11.6 Å². The maximum Gasteiger partial charge on any atom is 0.422 e. The first kappa shape index (κ1) is 11.8. The monoisotopic (exact) mass is 242 g/mol. The number of rotatable bonds is 3. The lowest BCUT2D eigenvalue weighted by molar-refractivity contribution is -0.154. The number of hydrogen-bond donors (Lipinski definition) is 0. The van der Waals surface area contributed by atoms with Gasteiger partial charge in [0.15, 0.2) is 11.8 Å². The van der Waals surface area contributed by atoms with Crippen molar-refractivity contribution in [3.8, 4) is 11.6 Å². The van der Waals surface area contributed by atoms with Gasteiger partial charge in [0.2, 0.25) is 5.75 Å². The molecule has 0 unspecified atom stereocenters. The Balaban J connectivity index is 2.81. The Kier molecular flexibility index (Phi) is 3.57. The van der Waals surface area contributed by atoms with Crippen molar-refractivity contribution in [1.82, 2.24) is 9.97 Å². The molecular formula is C7H6ClF3N2O2. The van der Waals surface area contributed by atoms with E-state index in [4.69, 9.17) is 16.3 Å². The van der Waals surface area contributed by atoms with Gasteiger partial charge >= 0.3 is 6.18 Å². The van der Waals surface area contributed by atoms with E-state index >= 15 is 0 Å². The van der Waals surface area contributed by atoms with Crippen LogP contribution in [0.2, 0.25) is 5.15 Å². The van der Waals surface area contributed by atoms with Gasteiger partial charge in [-0.15, -0.1) is 0 Å². The van der Waals surface area contributed by atoms with Crippen molar-refractivity contribution in [3.05, 3.63) is 11.5 Å². The standard InChI is InChI=1S/C7H6ClF3N2O2/c1-14-4-5(8)12-3-13-6(4)15-2-7(9,10)11/h3H,2H2,1H3. The van der Waals surface area contributed by atoms with Gasteiger partial charge in [0.05, 0.1) is 7.11 Å². The van der Waals surface area contributed by atoms with E-state index in [0.717, 1.165) is 6.33 Å². The number of methoxy groups -OCH3 is 1. The van der Waals surface area contributed by atoms with Crippen LogP contribution in [0.15, 0.2) is 6.33 Å². The molecular weight excluding hydrogens is 237 g/mol. The molecule has 1 aromatic heterocycles. The third kappa shape index (κ3) is 3.43. The topological polar surface area (TPSA) is 44.2 Å². The van der Waals surface area contributed by atoms with Gasteiger partial charge in [-0.05, 0) is 0 Å². The number of alkyl halides is 3. The molecule has 0 N–H and O–H groups in total. The lowest BCUT2D eigenvalue weighted by atomic mass is 10.5. The Morgan fingerprint density at radius 2 is 2.07 bits per heavy atom. The quantitative estimate of drug-likeness (QED) is 0.761. The average Bonchev–Trinajstić information content (AvgIpc) is 2.13. The highest BCUT2D eigenvalue weighted by atomic mass is 35.5. The predicted octanol–water partition coefficient (Wildman–Crippen LogP) is 2.08. The first-order valence-corrected chi connectivity index (χ1v) is 4.06. The number of ether oxygens (including phenoxy) is 2. The molecule has 0 saturated carbocycles. The SMILES string of the molecule is COc1c(Cl)ncnc1OCC(F)(F)F. The second-order valence-corrected chi connectivity index (χ2v) is 2.76. The normalized spacial score (nSPS) is 11.3. The largest absolute Gasteiger partial charge is 0.489 e. The van der Waals surface area contributed by atoms with E-state index in [-0.39, 0.29) is 16.8 Å². The van der Waals surface area contributed by atoms with Gasteiger partial charge in [-0.2, -0.15) is 18.2 Å². The van der Waals surface area contributed by atoms with E-state index in [2.05, 4.69) is 14.7 Å². The van der Waals surface area contributed by atoms with Crippen molar-refractivity contribution >= 4 is 11.6 Å². The second-order valence-electron chi connectivity index (χ2n) is 2.41. The first-order valence-electron chi connectivity index (χ1n) is 3.68. The summed E-state index contributed by atoms with van der Waals surface area (Å²) in [6, 6.07) is 0. The summed E-state index contributed by atoms with van der Waals surface area (Å²) in [4.78, 5) is 6.99. The van der Waals surface area contributed by atoms with Crippen molar-refractivity contribution in [3.63, 3.8) is 0 Å². The number of nitrogens with zero attached hydrogens (tertiary/aromatic N) is 2. The summed E-state index contributed by atoms with van der Waals surface area (Å²) in [5.74, 6) is -0.460. The molecule has 1 aromatic rings. The van der Waals surface area contributed by atoms with Crippen LogP contribution < -0.4 is 9.47 Å². The van der Waals surface area contributed by atoms with Crippen molar-refractivity contribution < 1.29 is 22.6 Å². The zero-order chi connectivity index (χ0) is 11.5. The van der Waals surface area contributed by atoms with E-state index in [1.54, 1.807) is 0 Å². The zero-order valence-corrected chi connectivity index (χ0v) is 8.26. The van der Waals surface area contributed by atoms with Crippen LogP contribution in [0.4, 0.5) is 13.2 Å². The summed E-state index contributed by atoms with van der Waals surface area (Å²) < 4.78 is 44.6. The molecule has 0 saturated heterocycles. The van der Waals surface area contributed by atoms with Crippen LogP contribution in [0.1, 0.15) is 0 Å². The fourth-order valence-corrected chi connectivity index (χ4v) is 0.964. The molecule has 15 heavy (non-hydrogen) atoms. The summed E-state index contributed by atoms with van der Waals surface area (Å²) >= 11 is 5.54. The zero-order valence-electron chi connectivity index (χ0n) is 7.51. The fraction of sp³-hybridized carbons (Fsp3) is 0.429. The minimum absolute atomic E-state index is 0.107. The Morgan fingerprint density at radius 1 is 1.40 bits per heavy atom. The Hall–Kier alpha value is -1.24. The third-order valence-electron chi connectivity index (χ3n) is 1.30. The van der Waals surface area contributed by atoms with Crippen LogP contribution in [0.25, 0.3) is 0 Å².